The van der Waals surface area contributed by atoms with Crippen molar-refractivity contribution in [2.45, 2.75) is 38.8 Å². The Morgan fingerprint density at radius 1 is 1.29 bits per heavy atom. The number of amides is 1. The minimum absolute atomic E-state index is 0.0448. The standard InChI is InChI=1S/C14H19FN2O4/c1-13(2,3)21-12(20)17(5)14(4,11(18)19)9-6-10(15)8-16-7-9/h6-8H,1-5H3,(H,18,19). The van der Waals surface area contributed by atoms with Crippen LogP contribution >= 0.6 is 0 Å². The first-order chi connectivity index (χ1) is 9.48. The van der Waals surface area contributed by atoms with Crippen molar-refractivity contribution >= 4 is 12.1 Å². The van der Waals surface area contributed by atoms with Crippen LogP contribution in [0.25, 0.3) is 0 Å². The minimum atomic E-state index is -1.79. The van der Waals surface area contributed by atoms with Crippen molar-refractivity contribution in [3.05, 3.63) is 29.8 Å². The van der Waals surface area contributed by atoms with E-state index in [1.54, 1.807) is 20.8 Å². The summed E-state index contributed by atoms with van der Waals surface area (Å²) in [6.45, 7) is 6.29. The predicted octanol–water partition coefficient (Wildman–Crippen LogP) is 2.39. The Labute approximate surface area is 122 Å². The maximum absolute atomic E-state index is 13.3. The summed E-state index contributed by atoms with van der Waals surface area (Å²) in [5.41, 5.74) is -2.52. The Kier molecular flexibility index (Phi) is 4.56. The summed E-state index contributed by atoms with van der Waals surface area (Å²) in [4.78, 5) is 28.3. The van der Waals surface area contributed by atoms with Gasteiger partial charge in [-0.3, -0.25) is 9.88 Å². The lowest BCUT2D eigenvalue weighted by atomic mass is 9.92. The van der Waals surface area contributed by atoms with Crippen LogP contribution in [0.3, 0.4) is 0 Å². The van der Waals surface area contributed by atoms with Crippen molar-refractivity contribution in [1.29, 1.82) is 0 Å². The molecular formula is C14H19FN2O4. The molecule has 6 nitrogen and oxygen atoms in total. The summed E-state index contributed by atoms with van der Waals surface area (Å²) in [6.07, 6.45) is 1.34. The van der Waals surface area contributed by atoms with Gasteiger partial charge in [0.05, 0.1) is 6.20 Å². The lowest BCUT2D eigenvalue weighted by Crippen LogP contribution is -2.52. The van der Waals surface area contributed by atoms with Crippen LogP contribution in [0.5, 0.6) is 0 Å². The van der Waals surface area contributed by atoms with E-state index in [0.717, 1.165) is 17.2 Å². The number of carbonyl (C=O) groups excluding carboxylic acids is 1. The van der Waals surface area contributed by atoms with Crippen LogP contribution < -0.4 is 0 Å². The van der Waals surface area contributed by atoms with E-state index in [1.165, 1.54) is 20.2 Å². The fourth-order valence-corrected chi connectivity index (χ4v) is 1.65. The second kappa shape index (κ2) is 5.67. The van der Waals surface area contributed by atoms with Crippen LogP contribution in [0, 0.1) is 5.82 Å². The highest BCUT2D eigenvalue weighted by atomic mass is 19.1. The Morgan fingerprint density at radius 3 is 2.29 bits per heavy atom. The van der Waals surface area contributed by atoms with Crippen molar-refractivity contribution in [1.82, 2.24) is 9.88 Å². The molecule has 0 aromatic carbocycles. The summed E-state index contributed by atoms with van der Waals surface area (Å²) in [6, 6.07) is 1.03. The number of carboxylic acids is 1. The predicted molar refractivity (Wildman–Crippen MR) is 73.2 cm³/mol. The molecule has 1 aromatic heterocycles. The highest BCUT2D eigenvalue weighted by Gasteiger charge is 2.44. The Hall–Kier alpha value is -2.18. The second-order valence-corrected chi connectivity index (χ2v) is 5.81. The van der Waals surface area contributed by atoms with Gasteiger partial charge in [0.15, 0.2) is 5.54 Å². The fraction of sp³-hybridized carbons (Fsp3) is 0.500. The van der Waals surface area contributed by atoms with E-state index < -0.39 is 29.0 Å². The number of halogens is 1. The van der Waals surface area contributed by atoms with Crippen LogP contribution in [0.1, 0.15) is 33.3 Å². The number of rotatable bonds is 3. The van der Waals surface area contributed by atoms with Gasteiger partial charge in [0.2, 0.25) is 0 Å². The minimum Gasteiger partial charge on any atom is -0.479 e. The van der Waals surface area contributed by atoms with Crippen LogP contribution in [0.2, 0.25) is 0 Å². The summed E-state index contributed by atoms with van der Waals surface area (Å²) < 4.78 is 18.5. The first kappa shape index (κ1) is 16.9. The van der Waals surface area contributed by atoms with Gasteiger partial charge in [0.25, 0.3) is 0 Å². The maximum atomic E-state index is 13.3. The van der Waals surface area contributed by atoms with Crippen LogP contribution in [-0.4, -0.2) is 39.7 Å². The highest BCUT2D eigenvalue weighted by molar-refractivity contribution is 5.85. The molecule has 0 bridgehead atoms. The van der Waals surface area contributed by atoms with Crippen molar-refractivity contribution in [2.24, 2.45) is 0 Å². The number of likely N-dealkylation sites (N-methyl/N-ethyl adjacent to an activating group) is 1. The number of ether oxygens (including phenoxy) is 1. The number of carbonyl (C=O) groups is 2. The molecule has 0 aliphatic rings. The molecule has 1 heterocycles. The first-order valence-corrected chi connectivity index (χ1v) is 6.29. The Balaban J connectivity index is 3.22. The van der Waals surface area contributed by atoms with Gasteiger partial charge in [-0.05, 0) is 33.8 Å². The molecule has 1 N–H and O–H groups in total. The molecule has 0 fully saturated rings. The molecule has 1 atom stereocenters. The number of hydrogen-bond donors (Lipinski definition) is 1. The van der Waals surface area contributed by atoms with Gasteiger partial charge in [-0.15, -0.1) is 0 Å². The zero-order valence-corrected chi connectivity index (χ0v) is 12.7. The number of nitrogens with zero attached hydrogens (tertiary/aromatic N) is 2. The van der Waals surface area contributed by atoms with Crippen molar-refractivity contribution in [2.75, 3.05) is 7.05 Å². The molecule has 0 radical (unpaired) electrons. The molecule has 0 spiro atoms. The third kappa shape index (κ3) is 3.68. The van der Waals surface area contributed by atoms with E-state index in [9.17, 15) is 19.1 Å². The summed E-state index contributed by atoms with van der Waals surface area (Å²) in [5.74, 6) is -2.00. The van der Waals surface area contributed by atoms with Gasteiger partial charge in [-0.25, -0.2) is 14.0 Å². The molecule has 0 saturated heterocycles. The normalized spacial score (nSPS) is 14.2. The molecule has 116 valence electrons. The molecule has 21 heavy (non-hydrogen) atoms. The largest absolute Gasteiger partial charge is 0.479 e. The quantitative estimate of drug-likeness (QED) is 0.926. The second-order valence-electron chi connectivity index (χ2n) is 5.81. The van der Waals surface area contributed by atoms with Crippen LogP contribution in [0.15, 0.2) is 18.5 Å². The van der Waals surface area contributed by atoms with Gasteiger partial charge in [-0.2, -0.15) is 0 Å². The van der Waals surface area contributed by atoms with E-state index in [4.69, 9.17) is 4.74 Å². The molecule has 1 rings (SSSR count). The number of hydrogen-bond acceptors (Lipinski definition) is 4. The first-order valence-electron chi connectivity index (χ1n) is 6.29. The lowest BCUT2D eigenvalue weighted by Gasteiger charge is -2.36. The molecule has 7 heteroatoms. The molecule has 0 aliphatic heterocycles. The molecular weight excluding hydrogens is 279 g/mol. The van der Waals surface area contributed by atoms with Crippen LogP contribution in [0.4, 0.5) is 9.18 Å². The van der Waals surface area contributed by atoms with Gasteiger partial charge in [-0.1, -0.05) is 0 Å². The lowest BCUT2D eigenvalue weighted by molar-refractivity contribution is -0.150. The molecule has 1 unspecified atom stereocenters. The van der Waals surface area contributed by atoms with Crippen molar-refractivity contribution in [3.8, 4) is 0 Å². The van der Waals surface area contributed by atoms with Crippen LogP contribution in [-0.2, 0) is 15.1 Å². The smallest absolute Gasteiger partial charge is 0.411 e. The van der Waals surface area contributed by atoms with Crippen molar-refractivity contribution in [3.63, 3.8) is 0 Å². The molecule has 0 aliphatic carbocycles. The Bertz CT molecular complexity index is 556. The zero-order valence-electron chi connectivity index (χ0n) is 12.7. The van der Waals surface area contributed by atoms with E-state index in [1.807, 2.05) is 0 Å². The van der Waals surface area contributed by atoms with Gasteiger partial charge in [0.1, 0.15) is 11.4 Å². The number of aliphatic carboxylic acids is 1. The molecule has 0 saturated carbocycles. The average Bonchev–Trinajstić information content (AvgIpc) is 2.34. The molecule has 1 amide bonds. The van der Waals surface area contributed by atoms with Crippen molar-refractivity contribution < 1.29 is 23.8 Å². The maximum Gasteiger partial charge on any atom is 0.411 e. The zero-order chi connectivity index (χ0) is 16.4. The fourth-order valence-electron chi connectivity index (χ4n) is 1.65. The third-order valence-electron chi connectivity index (χ3n) is 3.02. The molecule has 1 aromatic rings. The monoisotopic (exact) mass is 298 g/mol. The topological polar surface area (TPSA) is 79.7 Å². The van der Waals surface area contributed by atoms with E-state index in [2.05, 4.69) is 4.98 Å². The average molecular weight is 298 g/mol. The summed E-state index contributed by atoms with van der Waals surface area (Å²) in [7, 11) is 1.28. The summed E-state index contributed by atoms with van der Waals surface area (Å²) >= 11 is 0. The van der Waals surface area contributed by atoms with E-state index in [0.29, 0.717) is 0 Å². The number of aromatic nitrogens is 1. The third-order valence-corrected chi connectivity index (χ3v) is 3.02. The number of carboxylic acid groups (broad SMARTS) is 1. The van der Waals surface area contributed by atoms with E-state index in [-0.39, 0.29) is 5.56 Å². The SMILES string of the molecule is CN(C(=O)OC(C)(C)C)C(C)(C(=O)O)c1cncc(F)c1. The van der Waals surface area contributed by atoms with Gasteiger partial charge >= 0.3 is 12.1 Å². The highest BCUT2D eigenvalue weighted by Crippen LogP contribution is 2.29. The van der Waals surface area contributed by atoms with E-state index >= 15 is 0 Å². The van der Waals surface area contributed by atoms with Gasteiger partial charge < -0.3 is 9.84 Å². The number of pyridine rings is 1. The summed E-state index contributed by atoms with van der Waals surface area (Å²) in [5, 5.41) is 9.49. The Morgan fingerprint density at radius 2 is 1.86 bits per heavy atom. The van der Waals surface area contributed by atoms with Gasteiger partial charge in [0, 0.05) is 18.8 Å².